The Bertz CT molecular complexity index is 454. The summed E-state index contributed by atoms with van der Waals surface area (Å²) in [4.78, 5) is 22.3. The monoisotopic (exact) mass is 273 g/mol. The van der Waals surface area contributed by atoms with Gasteiger partial charge in [0.2, 0.25) is 0 Å². The van der Waals surface area contributed by atoms with Crippen LogP contribution in [0.4, 0.5) is 0 Å². The Morgan fingerprint density at radius 2 is 2.22 bits per heavy atom. The van der Waals surface area contributed by atoms with E-state index in [0.717, 1.165) is 0 Å². The van der Waals surface area contributed by atoms with E-state index in [-0.39, 0.29) is 24.3 Å². The van der Waals surface area contributed by atoms with Crippen LogP contribution < -0.4 is 5.32 Å². The highest BCUT2D eigenvalue weighted by molar-refractivity contribution is 7.84. The van der Waals surface area contributed by atoms with Crippen LogP contribution in [0.15, 0.2) is 16.7 Å². The topological polar surface area (TPSA) is 96.6 Å². The van der Waals surface area contributed by atoms with Gasteiger partial charge >= 0.3 is 5.97 Å². The number of hydrogen-bond acceptors (Lipinski definition) is 4. The van der Waals surface area contributed by atoms with E-state index >= 15 is 0 Å². The van der Waals surface area contributed by atoms with Gasteiger partial charge in [0.1, 0.15) is 12.2 Å². The number of nitrogens with one attached hydrogen (secondary N) is 1. The van der Waals surface area contributed by atoms with E-state index in [1.165, 1.54) is 12.3 Å². The first-order valence-electron chi connectivity index (χ1n) is 5.46. The summed E-state index contributed by atoms with van der Waals surface area (Å²) in [7, 11) is -0.937. The van der Waals surface area contributed by atoms with Crippen molar-refractivity contribution in [1.29, 1.82) is 0 Å². The predicted octanol–water partition coefficient (Wildman–Crippen LogP) is 0.405. The average Bonchev–Trinajstić information content (AvgIpc) is 2.75. The van der Waals surface area contributed by atoms with Crippen molar-refractivity contribution in [3.05, 3.63) is 23.7 Å². The lowest BCUT2D eigenvalue weighted by atomic mass is 10.2. The number of carboxylic acids is 1. The fourth-order valence-electron chi connectivity index (χ4n) is 1.34. The Balaban J connectivity index is 2.53. The molecule has 0 aliphatic heterocycles. The smallest absolute Gasteiger partial charge is 0.311 e. The number of aliphatic carboxylic acids is 1. The molecule has 0 aromatic carbocycles. The maximum absolute atomic E-state index is 11.7. The number of carbonyl (C=O) groups excluding carboxylic acids is 1. The second-order valence-corrected chi connectivity index (χ2v) is 5.38. The van der Waals surface area contributed by atoms with Crippen LogP contribution in [0.1, 0.15) is 23.0 Å². The summed E-state index contributed by atoms with van der Waals surface area (Å²) < 4.78 is 16.1. The Labute approximate surface area is 107 Å². The van der Waals surface area contributed by atoms with Crippen LogP contribution in [-0.4, -0.2) is 39.2 Å². The molecule has 0 aliphatic rings. The molecule has 0 spiro atoms. The fourth-order valence-corrected chi connectivity index (χ4v) is 1.95. The third-order valence-electron chi connectivity index (χ3n) is 2.24. The average molecular weight is 273 g/mol. The van der Waals surface area contributed by atoms with Crippen LogP contribution in [0.25, 0.3) is 0 Å². The van der Waals surface area contributed by atoms with Crippen molar-refractivity contribution in [3.8, 4) is 0 Å². The molecular weight excluding hydrogens is 258 g/mol. The second-order valence-electron chi connectivity index (χ2n) is 3.52. The van der Waals surface area contributed by atoms with Crippen LogP contribution in [0.5, 0.6) is 0 Å². The SMILES string of the molecule is CCS(=O)CCNC(=O)c1ccoc1CC(=O)O. The molecule has 0 saturated heterocycles. The molecule has 0 aliphatic carbocycles. The van der Waals surface area contributed by atoms with Gasteiger partial charge in [0.05, 0.1) is 11.8 Å². The van der Waals surface area contributed by atoms with Crippen LogP contribution in [0.2, 0.25) is 0 Å². The highest BCUT2D eigenvalue weighted by atomic mass is 32.2. The van der Waals surface area contributed by atoms with Gasteiger partial charge in [-0.05, 0) is 6.07 Å². The number of amides is 1. The van der Waals surface area contributed by atoms with Crippen molar-refractivity contribution in [3.63, 3.8) is 0 Å². The third-order valence-corrected chi connectivity index (χ3v) is 3.54. The van der Waals surface area contributed by atoms with Crippen LogP contribution in [0.3, 0.4) is 0 Å². The Morgan fingerprint density at radius 1 is 1.50 bits per heavy atom. The standard InChI is InChI=1S/C11H15NO5S/c1-2-18(16)6-4-12-11(15)8-3-5-17-9(8)7-10(13)14/h3,5H,2,4,6-7H2,1H3,(H,12,15)(H,13,14). The van der Waals surface area contributed by atoms with Gasteiger partial charge in [0, 0.05) is 28.9 Å². The van der Waals surface area contributed by atoms with Crippen molar-refractivity contribution in [1.82, 2.24) is 5.32 Å². The molecule has 1 amide bonds. The first-order chi connectivity index (χ1) is 8.54. The summed E-state index contributed by atoms with van der Waals surface area (Å²) in [5, 5.41) is 11.2. The second kappa shape index (κ2) is 6.95. The minimum atomic E-state index is -1.06. The van der Waals surface area contributed by atoms with Gasteiger partial charge in [0.25, 0.3) is 5.91 Å². The van der Waals surface area contributed by atoms with Gasteiger partial charge in [-0.3, -0.25) is 13.8 Å². The Morgan fingerprint density at radius 3 is 2.83 bits per heavy atom. The molecule has 1 heterocycles. The molecule has 1 unspecified atom stereocenters. The molecule has 6 nitrogen and oxygen atoms in total. The lowest BCUT2D eigenvalue weighted by Crippen LogP contribution is -2.28. The maximum Gasteiger partial charge on any atom is 0.311 e. The van der Waals surface area contributed by atoms with Gasteiger partial charge in [-0.25, -0.2) is 0 Å². The molecule has 1 rings (SSSR count). The molecule has 0 bridgehead atoms. The number of furan rings is 1. The third kappa shape index (κ3) is 4.33. The first kappa shape index (κ1) is 14.4. The van der Waals surface area contributed by atoms with Crippen molar-refractivity contribution >= 4 is 22.7 Å². The van der Waals surface area contributed by atoms with Gasteiger partial charge in [-0.15, -0.1) is 0 Å². The molecule has 1 atom stereocenters. The predicted molar refractivity (Wildman–Crippen MR) is 65.9 cm³/mol. The minimum Gasteiger partial charge on any atom is -0.481 e. The summed E-state index contributed by atoms with van der Waals surface area (Å²) in [5.74, 6) is -0.420. The van der Waals surface area contributed by atoms with Gasteiger partial charge in [0.15, 0.2) is 0 Å². The van der Waals surface area contributed by atoms with Gasteiger partial charge < -0.3 is 14.8 Å². The van der Waals surface area contributed by atoms with E-state index < -0.39 is 22.7 Å². The highest BCUT2D eigenvalue weighted by Gasteiger charge is 2.16. The minimum absolute atomic E-state index is 0.122. The summed E-state index contributed by atoms with van der Waals surface area (Å²) in [6.45, 7) is 2.09. The lowest BCUT2D eigenvalue weighted by molar-refractivity contribution is -0.136. The molecule has 100 valence electrons. The molecule has 1 aromatic rings. The van der Waals surface area contributed by atoms with Crippen LogP contribution in [0, 0.1) is 0 Å². The van der Waals surface area contributed by atoms with E-state index in [2.05, 4.69) is 5.32 Å². The number of carbonyl (C=O) groups is 2. The largest absolute Gasteiger partial charge is 0.481 e. The van der Waals surface area contributed by atoms with E-state index in [0.29, 0.717) is 11.5 Å². The molecule has 0 saturated carbocycles. The van der Waals surface area contributed by atoms with Crippen molar-refractivity contribution < 1.29 is 23.3 Å². The zero-order chi connectivity index (χ0) is 13.5. The maximum atomic E-state index is 11.7. The molecule has 18 heavy (non-hydrogen) atoms. The fraction of sp³-hybridized carbons (Fsp3) is 0.455. The van der Waals surface area contributed by atoms with E-state index in [1.54, 1.807) is 6.92 Å². The Kier molecular flexibility index (Phi) is 5.57. The molecule has 1 aromatic heterocycles. The van der Waals surface area contributed by atoms with Gasteiger partial charge in [-0.2, -0.15) is 0 Å². The number of rotatable bonds is 7. The van der Waals surface area contributed by atoms with Crippen molar-refractivity contribution in [2.75, 3.05) is 18.1 Å². The van der Waals surface area contributed by atoms with Crippen molar-refractivity contribution in [2.45, 2.75) is 13.3 Å². The van der Waals surface area contributed by atoms with Crippen molar-refractivity contribution in [2.24, 2.45) is 0 Å². The molecule has 0 radical (unpaired) electrons. The highest BCUT2D eigenvalue weighted by Crippen LogP contribution is 2.11. The molecule has 2 N–H and O–H groups in total. The van der Waals surface area contributed by atoms with E-state index in [4.69, 9.17) is 9.52 Å². The van der Waals surface area contributed by atoms with E-state index in [1.807, 2.05) is 0 Å². The lowest BCUT2D eigenvalue weighted by Gasteiger charge is -2.04. The summed E-state index contributed by atoms with van der Waals surface area (Å²) in [5.41, 5.74) is 0.208. The quantitative estimate of drug-likeness (QED) is 0.749. The molecular formula is C11H15NO5S. The van der Waals surface area contributed by atoms with Crippen LogP contribution >= 0.6 is 0 Å². The zero-order valence-electron chi connectivity index (χ0n) is 9.97. The summed E-state index contributed by atoms with van der Waals surface area (Å²) >= 11 is 0. The number of hydrogen-bond donors (Lipinski definition) is 2. The summed E-state index contributed by atoms with van der Waals surface area (Å²) in [6, 6.07) is 1.42. The van der Waals surface area contributed by atoms with Crippen LogP contribution in [-0.2, 0) is 22.0 Å². The summed E-state index contributed by atoms with van der Waals surface area (Å²) in [6.07, 6.45) is 0.939. The zero-order valence-corrected chi connectivity index (χ0v) is 10.8. The normalized spacial score (nSPS) is 12.1. The van der Waals surface area contributed by atoms with Gasteiger partial charge in [-0.1, -0.05) is 6.92 Å². The van der Waals surface area contributed by atoms with E-state index in [9.17, 15) is 13.8 Å². The first-order valence-corrected chi connectivity index (χ1v) is 6.94. The molecule has 0 fully saturated rings. The Hall–Kier alpha value is -1.63. The molecule has 7 heteroatoms. The number of carboxylic acid groups (broad SMARTS) is 1.